The highest BCUT2D eigenvalue weighted by Gasteiger charge is 2.25. The third-order valence-electron chi connectivity index (χ3n) is 4.26. The van der Waals surface area contributed by atoms with E-state index in [9.17, 15) is 9.59 Å². The molecule has 0 bridgehead atoms. The summed E-state index contributed by atoms with van der Waals surface area (Å²) in [6.07, 6.45) is 0. The summed E-state index contributed by atoms with van der Waals surface area (Å²) in [4.78, 5) is 25.1. The van der Waals surface area contributed by atoms with Gasteiger partial charge in [-0.05, 0) is 20.8 Å². The SMILES string of the molecule is CCOc1cc(NC(=O)C(N=Nc2cc(OC)c(OC)cc2Cl)C(C)=O)c(OCC)cc1Cl. The van der Waals surface area contributed by atoms with Crippen LogP contribution in [-0.4, -0.2) is 45.2 Å². The molecule has 2 aromatic carbocycles. The molecule has 1 amide bonds. The molecule has 0 saturated heterocycles. The Morgan fingerprint density at radius 2 is 1.48 bits per heavy atom. The van der Waals surface area contributed by atoms with Crippen molar-refractivity contribution in [2.24, 2.45) is 10.2 Å². The number of nitrogens with one attached hydrogen (secondary N) is 1. The number of carbonyl (C=O) groups is 2. The van der Waals surface area contributed by atoms with Crippen molar-refractivity contribution in [2.45, 2.75) is 26.8 Å². The second-order valence-corrected chi connectivity index (χ2v) is 7.34. The highest BCUT2D eigenvalue weighted by molar-refractivity contribution is 6.33. The number of rotatable bonds is 11. The Kier molecular flexibility index (Phi) is 9.74. The van der Waals surface area contributed by atoms with Crippen LogP contribution in [0.1, 0.15) is 20.8 Å². The molecule has 1 N–H and O–H groups in total. The van der Waals surface area contributed by atoms with Crippen LogP contribution in [-0.2, 0) is 9.59 Å². The number of hydrogen-bond acceptors (Lipinski definition) is 8. The fourth-order valence-electron chi connectivity index (χ4n) is 2.73. The van der Waals surface area contributed by atoms with Gasteiger partial charge in [0.1, 0.15) is 17.2 Å². The van der Waals surface area contributed by atoms with Crippen LogP contribution in [0, 0.1) is 0 Å². The van der Waals surface area contributed by atoms with Gasteiger partial charge in [0.2, 0.25) is 6.04 Å². The highest BCUT2D eigenvalue weighted by Crippen LogP contribution is 2.38. The Morgan fingerprint density at radius 1 is 0.909 bits per heavy atom. The minimum absolute atomic E-state index is 0.202. The maximum Gasteiger partial charge on any atom is 0.258 e. The van der Waals surface area contributed by atoms with Gasteiger partial charge in [0.15, 0.2) is 17.3 Å². The van der Waals surface area contributed by atoms with Crippen molar-refractivity contribution >= 4 is 46.3 Å². The number of methoxy groups -OCH3 is 2. The lowest BCUT2D eigenvalue weighted by atomic mass is 10.2. The quantitative estimate of drug-likeness (QED) is 0.324. The van der Waals surface area contributed by atoms with Gasteiger partial charge in [-0.3, -0.25) is 9.59 Å². The standard InChI is InChI=1S/C22H25Cl2N3O6/c1-6-32-17-11-16(18(33-7-2)9-14(17)24)25-22(29)21(12(3)28)27-26-15-10-20(31-5)19(30-4)8-13(15)23/h8-11,21H,6-7H2,1-5H3,(H,25,29). The molecule has 0 aromatic heterocycles. The van der Waals surface area contributed by atoms with Crippen molar-refractivity contribution < 1.29 is 28.5 Å². The summed E-state index contributed by atoms with van der Waals surface area (Å²) in [5.74, 6) is 0.208. The second kappa shape index (κ2) is 12.3. The maximum atomic E-state index is 12.9. The number of hydrogen-bond donors (Lipinski definition) is 1. The first kappa shape index (κ1) is 26.2. The third kappa shape index (κ3) is 6.72. The zero-order chi connectivity index (χ0) is 24.5. The number of amides is 1. The Labute approximate surface area is 202 Å². The van der Waals surface area contributed by atoms with Crippen molar-refractivity contribution in [1.82, 2.24) is 0 Å². The molecule has 1 atom stereocenters. The Morgan fingerprint density at radius 3 is 2.06 bits per heavy atom. The number of ether oxygens (including phenoxy) is 4. The van der Waals surface area contributed by atoms with Crippen LogP contribution in [0.3, 0.4) is 0 Å². The lowest BCUT2D eigenvalue weighted by Gasteiger charge is -2.16. The van der Waals surface area contributed by atoms with Gasteiger partial charge in [-0.2, -0.15) is 10.2 Å². The van der Waals surface area contributed by atoms with Crippen LogP contribution in [0.4, 0.5) is 11.4 Å². The molecule has 11 heteroatoms. The first-order chi connectivity index (χ1) is 15.7. The van der Waals surface area contributed by atoms with E-state index < -0.39 is 17.7 Å². The molecule has 0 radical (unpaired) electrons. The average molecular weight is 498 g/mol. The lowest BCUT2D eigenvalue weighted by molar-refractivity contribution is -0.126. The smallest absolute Gasteiger partial charge is 0.258 e. The van der Waals surface area contributed by atoms with E-state index in [1.54, 1.807) is 13.8 Å². The number of benzene rings is 2. The van der Waals surface area contributed by atoms with Gasteiger partial charge >= 0.3 is 0 Å². The Balaban J connectivity index is 2.35. The van der Waals surface area contributed by atoms with Crippen LogP contribution >= 0.6 is 23.2 Å². The Hall–Kier alpha value is -3.04. The molecule has 1 unspecified atom stereocenters. The van der Waals surface area contributed by atoms with Crippen molar-refractivity contribution in [3.05, 3.63) is 34.3 Å². The van der Waals surface area contributed by atoms with Gasteiger partial charge in [-0.15, -0.1) is 0 Å². The molecule has 178 valence electrons. The number of ketones is 1. The second-order valence-electron chi connectivity index (χ2n) is 6.52. The topological polar surface area (TPSA) is 108 Å². The van der Waals surface area contributed by atoms with E-state index >= 15 is 0 Å². The average Bonchev–Trinajstić information content (AvgIpc) is 2.77. The van der Waals surface area contributed by atoms with E-state index in [1.165, 1.54) is 45.4 Å². The minimum atomic E-state index is -1.44. The van der Waals surface area contributed by atoms with Crippen LogP contribution < -0.4 is 24.3 Å². The number of nitrogens with zero attached hydrogens (tertiary/aromatic N) is 2. The molecule has 0 fully saturated rings. The van der Waals surface area contributed by atoms with Crippen LogP contribution in [0.2, 0.25) is 10.0 Å². The van der Waals surface area contributed by atoms with E-state index in [-0.39, 0.29) is 16.4 Å². The van der Waals surface area contributed by atoms with Crippen LogP contribution in [0.5, 0.6) is 23.0 Å². The maximum absolute atomic E-state index is 12.9. The molecule has 9 nitrogen and oxygen atoms in total. The summed E-state index contributed by atoms with van der Waals surface area (Å²) < 4.78 is 21.4. The largest absolute Gasteiger partial charge is 0.493 e. The summed E-state index contributed by atoms with van der Waals surface area (Å²) in [7, 11) is 2.92. The van der Waals surface area contributed by atoms with Gasteiger partial charge in [-0.25, -0.2) is 0 Å². The number of anilines is 1. The minimum Gasteiger partial charge on any atom is -0.493 e. The molecule has 2 rings (SSSR count). The first-order valence-corrected chi connectivity index (χ1v) is 10.7. The molecular weight excluding hydrogens is 473 g/mol. The van der Waals surface area contributed by atoms with Crippen LogP contribution in [0.25, 0.3) is 0 Å². The monoisotopic (exact) mass is 497 g/mol. The predicted octanol–water partition coefficient (Wildman–Crippen LogP) is 5.49. The van der Waals surface area contributed by atoms with Gasteiger partial charge < -0.3 is 24.3 Å². The van der Waals surface area contributed by atoms with E-state index in [0.29, 0.717) is 41.2 Å². The van der Waals surface area contributed by atoms with Gasteiger partial charge in [0, 0.05) is 24.3 Å². The van der Waals surface area contributed by atoms with E-state index in [0.717, 1.165) is 0 Å². The van der Waals surface area contributed by atoms with Crippen LogP contribution in [0.15, 0.2) is 34.5 Å². The van der Waals surface area contributed by atoms with Gasteiger partial charge in [0.05, 0.1) is 43.2 Å². The molecule has 2 aromatic rings. The van der Waals surface area contributed by atoms with Crippen molar-refractivity contribution in [3.8, 4) is 23.0 Å². The molecule has 0 aliphatic heterocycles. The summed E-state index contributed by atoms with van der Waals surface area (Å²) >= 11 is 12.4. The molecule has 0 spiro atoms. The third-order valence-corrected chi connectivity index (χ3v) is 4.86. The number of azo groups is 1. The molecule has 0 aliphatic carbocycles. The number of carbonyl (C=O) groups excluding carboxylic acids is 2. The van der Waals surface area contributed by atoms with Crippen molar-refractivity contribution in [3.63, 3.8) is 0 Å². The molecule has 0 heterocycles. The van der Waals surface area contributed by atoms with Gasteiger partial charge in [0.25, 0.3) is 5.91 Å². The zero-order valence-electron chi connectivity index (χ0n) is 18.9. The summed E-state index contributed by atoms with van der Waals surface area (Å²) in [6.45, 7) is 5.53. The fraction of sp³-hybridized carbons (Fsp3) is 0.364. The van der Waals surface area contributed by atoms with Crippen molar-refractivity contribution in [2.75, 3.05) is 32.8 Å². The zero-order valence-corrected chi connectivity index (χ0v) is 20.4. The molecule has 0 saturated carbocycles. The fourth-order valence-corrected chi connectivity index (χ4v) is 3.13. The molecule has 33 heavy (non-hydrogen) atoms. The highest BCUT2D eigenvalue weighted by atomic mass is 35.5. The number of Topliss-reactive ketones (excluding diaryl/α,β-unsaturated/α-hetero) is 1. The van der Waals surface area contributed by atoms with Gasteiger partial charge in [-0.1, -0.05) is 23.2 Å². The predicted molar refractivity (Wildman–Crippen MR) is 126 cm³/mol. The summed E-state index contributed by atoms with van der Waals surface area (Å²) in [6, 6.07) is 4.60. The van der Waals surface area contributed by atoms with Crippen molar-refractivity contribution in [1.29, 1.82) is 0 Å². The van der Waals surface area contributed by atoms with E-state index in [4.69, 9.17) is 42.1 Å². The van der Waals surface area contributed by atoms with E-state index in [2.05, 4.69) is 15.5 Å². The van der Waals surface area contributed by atoms with E-state index in [1.807, 2.05) is 0 Å². The molecular formula is C22H25Cl2N3O6. The molecule has 0 aliphatic rings. The lowest BCUT2D eigenvalue weighted by Crippen LogP contribution is -2.32. The first-order valence-electron chi connectivity index (χ1n) is 9.98. The summed E-state index contributed by atoms with van der Waals surface area (Å²) in [5.41, 5.74) is 0.480. The number of halogens is 2. The Bertz CT molecular complexity index is 1050. The normalized spacial score (nSPS) is 11.7. The summed E-state index contributed by atoms with van der Waals surface area (Å²) in [5, 5.41) is 11.1.